The standard InChI is InChI=1S/C92H132Br4N20O17.ClH/c93-70-26-6-1-22-65(70)60-130-89(126)111-75(31-11-16-41-97)84(121)106-50-46-101-80(117)37-55-115(56-38-81(118)102-47-51-107-85(122)76(32-12-17-42-98)112-90(127)131-61-66-23-2-7-27-71(66)94)54-20-15-35-79(88(125)105-45-36-69-59-64-21-5-10-30-74(64)110-69)116(57-39-82(119)103-48-52-108-86(123)77(33-13-18-43-99)113-91(128)132-62-67-24-3-8-28-72(67)95)58-40-83(120)104-49-53-109-87(124)78(34-14-19-44-100)114-92(129)133-63-68-25-4-9-29-73(68)96;/h1-10,21-30,59,75-79,110H,11-20,31-58,60-63,97-100H2,(H,101,117)(H,102,118)(H,103,119)(H,104,120)(H,105,125)(H,106,121)(H,107,122)(H,108,123)(H,109,124)(H,111,126)(H,112,127)(H,113,128)(H,114,129);1H/t75-,76-,77-,78-,79-;/m0./s1. The lowest BCUT2D eigenvalue weighted by Gasteiger charge is -2.31. The molecule has 1 aromatic heterocycles. The molecule has 0 aliphatic heterocycles. The molecular formula is C92H133Br4ClN20O17. The van der Waals surface area contributed by atoms with E-state index in [1.807, 2.05) is 83.8 Å². The molecule has 0 aliphatic rings. The number of carbonyl (C=O) groups is 13. The summed E-state index contributed by atoms with van der Waals surface area (Å²) >= 11 is 13.8. The van der Waals surface area contributed by atoms with Gasteiger partial charge in [-0.25, -0.2) is 19.2 Å². The highest BCUT2D eigenvalue weighted by Crippen LogP contribution is 2.23. The van der Waals surface area contributed by atoms with Crippen LogP contribution in [0.2, 0.25) is 0 Å². The van der Waals surface area contributed by atoms with Crippen LogP contribution in [0.3, 0.4) is 0 Å². The first-order valence-corrected chi connectivity index (χ1v) is 48.5. The van der Waals surface area contributed by atoms with E-state index in [0.717, 1.165) is 45.6 Å². The van der Waals surface area contributed by atoms with Crippen molar-refractivity contribution in [2.45, 2.75) is 185 Å². The molecule has 0 bridgehead atoms. The number of benzene rings is 5. The number of hydrogen-bond donors (Lipinski definition) is 18. The van der Waals surface area contributed by atoms with Crippen molar-refractivity contribution in [3.05, 3.63) is 173 Å². The Bertz CT molecular complexity index is 4350. The van der Waals surface area contributed by atoms with Gasteiger partial charge in [0.1, 0.15) is 50.6 Å². The summed E-state index contributed by atoms with van der Waals surface area (Å²) in [4.78, 5) is 184. The van der Waals surface area contributed by atoms with Gasteiger partial charge in [-0.15, -0.1) is 12.4 Å². The van der Waals surface area contributed by atoms with E-state index < -0.39 is 95.9 Å². The van der Waals surface area contributed by atoms with Crippen LogP contribution in [0.25, 0.3) is 10.9 Å². The fourth-order valence-electron chi connectivity index (χ4n) is 13.8. The number of nitrogens with two attached hydrogens (primary N) is 4. The number of nitrogens with zero attached hydrogens (tertiary/aromatic N) is 2. The molecule has 0 unspecified atom stereocenters. The van der Waals surface area contributed by atoms with Gasteiger partial charge in [-0.2, -0.15) is 0 Å². The molecule has 42 heteroatoms. The number of fused-ring (bicyclic) bond motifs is 1. The van der Waals surface area contributed by atoms with Crippen molar-refractivity contribution in [3.63, 3.8) is 0 Å². The smallest absolute Gasteiger partial charge is 0.408 e. The molecule has 0 fully saturated rings. The van der Waals surface area contributed by atoms with E-state index in [-0.39, 0.29) is 194 Å². The molecule has 0 saturated carbocycles. The van der Waals surface area contributed by atoms with Crippen LogP contribution in [0, 0.1) is 0 Å². The Hall–Kier alpha value is -10.1. The van der Waals surface area contributed by atoms with Crippen molar-refractivity contribution in [3.8, 4) is 0 Å². The normalized spacial score (nSPS) is 12.1. The maximum Gasteiger partial charge on any atom is 0.408 e. The number of unbranched alkanes of at least 4 members (excludes halogenated alkanes) is 5. The van der Waals surface area contributed by atoms with E-state index in [4.69, 9.17) is 41.9 Å². The third-order valence-electron chi connectivity index (χ3n) is 21.3. The van der Waals surface area contributed by atoms with Gasteiger partial charge in [0.2, 0.25) is 53.2 Å². The van der Waals surface area contributed by atoms with Crippen molar-refractivity contribution in [2.24, 2.45) is 22.9 Å². The Morgan fingerprint density at radius 1 is 0.321 bits per heavy atom. The number of amides is 13. The van der Waals surface area contributed by atoms with E-state index in [9.17, 15) is 57.5 Å². The number of hydrogen-bond acceptors (Lipinski definition) is 23. The van der Waals surface area contributed by atoms with Crippen molar-refractivity contribution in [1.82, 2.24) is 83.9 Å². The molecular weight excluding hydrogens is 2010 g/mol. The molecule has 37 nitrogen and oxygen atoms in total. The second-order valence-electron chi connectivity index (χ2n) is 31.5. The number of aromatic nitrogens is 1. The summed E-state index contributed by atoms with van der Waals surface area (Å²) in [6.45, 7) is 1.84. The third kappa shape index (κ3) is 47.4. The minimum absolute atomic E-state index is 0. The molecule has 6 aromatic rings. The fourth-order valence-corrected chi connectivity index (χ4v) is 15.4. The second-order valence-corrected chi connectivity index (χ2v) is 34.9. The molecule has 0 saturated heterocycles. The SMILES string of the molecule is Cl.NCCCC[C@H](NC(=O)OCc1ccccc1Br)C(=O)NCCNC(=O)CCN(CCCC[C@@H](C(=O)NCCc1cc2ccccc2[nH]1)N(CCC(=O)NCCNC(=O)[C@H](CCCCN)NC(=O)OCc1ccccc1Br)CCC(=O)NCCNC(=O)[C@H](CCCCN)NC(=O)OCc1ccccc1Br)CCC(=O)NCCNC(=O)[C@H](CCCCN)NC(=O)OCc1ccccc1Br. The minimum Gasteiger partial charge on any atom is -0.445 e. The molecule has 0 spiro atoms. The number of aromatic amines is 1. The first-order chi connectivity index (χ1) is 64.4. The third-order valence-corrected chi connectivity index (χ3v) is 24.4. The zero-order chi connectivity index (χ0) is 96.2. The van der Waals surface area contributed by atoms with Gasteiger partial charge in [0.25, 0.3) is 0 Å². The highest BCUT2D eigenvalue weighted by molar-refractivity contribution is 9.11. The Morgan fingerprint density at radius 3 is 0.918 bits per heavy atom. The Labute approximate surface area is 823 Å². The van der Waals surface area contributed by atoms with Crippen molar-refractivity contribution in [1.29, 1.82) is 0 Å². The average molecular weight is 2150 g/mol. The van der Waals surface area contributed by atoms with Gasteiger partial charge in [0, 0.05) is 169 Å². The molecule has 5 atom stereocenters. The van der Waals surface area contributed by atoms with E-state index in [2.05, 4.69) is 138 Å². The van der Waals surface area contributed by atoms with Gasteiger partial charge in [-0.3, -0.25) is 48.1 Å². The van der Waals surface area contributed by atoms with Gasteiger partial charge in [-0.05, 0) is 164 Å². The van der Waals surface area contributed by atoms with E-state index in [0.29, 0.717) is 114 Å². The zero-order valence-electron chi connectivity index (χ0n) is 75.8. The monoisotopic (exact) mass is 2140 g/mol. The average Bonchev–Trinajstić information content (AvgIpc) is 1.72. The molecule has 22 N–H and O–H groups in total. The minimum atomic E-state index is -0.990. The summed E-state index contributed by atoms with van der Waals surface area (Å²) in [5, 5.41) is 37.3. The van der Waals surface area contributed by atoms with Crippen LogP contribution in [-0.4, -0.2) is 240 Å². The summed E-state index contributed by atoms with van der Waals surface area (Å²) in [6.07, 6.45) is 3.17. The summed E-state index contributed by atoms with van der Waals surface area (Å²) in [5.41, 5.74) is 27.7. The topological polar surface area (TPSA) is 542 Å². The van der Waals surface area contributed by atoms with Gasteiger partial charge in [0.05, 0.1) is 6.04 Å². The largest absolute Gasteiger partial charge is 0.445 e. The summed E-state index contributed by atoms with van der Waals surface area (Å²) in [7, 11) is 0. The molecule has 738 valence electrons. The Balaban J connectivity index is 0.0000317. The maximum atomic E-state index is 15.1. The number of halogens is 5. The predicted molar refractivity (Wildman–Crippen MR) is 527 cm³/mol. The number of para-hydroxylation sites is 1. The first kappa shape index (κ1) is 114. The zero-order valence-corrected chi connectivity index (χ0v) is 82.9. The van der Waals surface area contributed by atoms with Crippen LogP contribution < -0.4 is 92.1 Å². The molecule has 0 aliphatic carbocycles. The van der Waals surface area contributed by atoms with Crippen molar-refractivity contribution >= 4 is 165 Å². The lowest BCUT2D eigenvalue weighted by molar-refractivity contribution is -0.129. The highest BCUT2D eigenvalue weighted by Gasteiger charge is 2.30. The van der Waals surface area contributed by atoms with Crippen LogP contribution in [0.4, 0.5) is 19.2 Å². The number of rotatable bonds is 66. The van der Waals surface area contributed by atoms with E-state index >= 15 is 4.79 Å². The maximum absolute atomic E-state index is 15.1. The highest BCUT2D eigenvalue weighted by atomic mass is 79.9. The van der Waals surface area contributed by atoms with Gasteiger partial charge < -0.3 is 121 Å². The van der Waals surface area contributed by atoms with Crippen LogP contribution in [0.5, 0.6) is 0 Å². The van der Waals surface area contributed by atoms with Crippen LogP contribution >= 0.6 is 76.1 Å². The molecule has 134 heavy (non-hydrogen) atoms. The Kier molecular flexibility index (Phi) is 58.1. The van der Waals surface area contributed by atoms with Gasteiger partial charge in [-0.1, -0.05) is 161 Å². The molecule has 5 aromatic carbocycles. The molecule has 0 radical (unpaired) electrons. The summed E-state index contributed by atoms with van der Waals surface area (Å²) in [6, 6.07) is 33.8. The Morgan fingerprint density at radius 2 is 0.604 bits per heavy atom. The predicted octanol–water partition coefficient (Wildman–Crippen LogP) is 7.63. The van der Waals surface area contributed by atoms with Crippen molar-refractivity contribution in [2.75, 3.05) is 118 Å². The van der Waals surface area contributed by atoms with Gasteiger partial charge >= 0.3 is 24.4 Å². The molecule has 1 heterocycles. The van der Waals surface area contributed by atoms with Crippen molar-refractivity contribution < 1.29 is 81.3 Å². The number of ether oxygens (including phenoxy) is 4. The summed E-state index contributed by atoms with van der Waals surface area (Å²) < 4.78 is 24.8. The lowest BCUT2D eigenvalue weighted by Crippen LogP contribution is -2.50. The van der Waals surface area contributed by atoms with Crippen LogP contribution in [0.15, 0.2) is 145 Å². The number of carbonyl (C=O) groups excluding carboxylic acids is 13. The number of alkyl carbamates (subject to hydrolysis) is 4. The van der Waals surface area contributed by atoms with E-state index in [1.54, 1.807) is 53.4 Å². The quantitative estimate of drug-likeness (QED) is 0.0129. The summed E-state index contributed by atoms with van der Waals surface area (Å²) in [5.74, 6) is -4.10. The lowest BCUT2D eigenvalue weighted by atomic mass is 10.0. The van der Waals surface area contributed by atoms with Crippen LogP contribution in [0.1, 0.15) is 150 Å². The van der Waals surface area contributed by atoms with Gasteiger partial charge in [0.15, 0.2) is 0 Å². The number of H-pyrrole nitrogens is 1. The molecule has 6 rings (SSSR count). The second kappa shape index (κ2) is 68.0. The molecule has 13 amide bonds. The first-order valence-electron chi connectivity index (χ1n) is 45.3. The fraction of sp³-hybridized carbons (Fsp3) is 0.511. The van der Waals surface area contributed by atoms with Crippen LogP contribution in [-0.2, 0) is 94.9 Å². The number of nitrogens with one attached hydrogen (secondary N) is 14. The van der Waals surface area contributed by atoms with E-state index in [1.165, 1.54) is 0 Å².